The number of hydrogen-bond acceptors (Lipinski definition) is 3. The third-order valence-electron chi connectivity index (χ3n) is 4.30. The predicted octanol–water partition coefficient (Wildman–Crippen LogP) is 4.47. The van der Waals surface area contributed by atoms with E-state index in [9.17, 15) is 18.4 Å². The zero-order chi connectivity index (χ0) is 20.1. The molecule has 0 atom stereocenters. The summed E-state index contributed by atoms with van der Waals surface area (Å²) in [7, 11) is 0. The van der Waals surface area contributed by atoms with E-state index in [-0.39, 0.29) is 47.8 Å². The molecule has 1 amide bonds. The second-order valence-corrected chi connectivity index (χ2v) is 6.27. The van der Waals surface area contributed by atoms with Crippen molar-refractivity contribution in [2.75, 3.05) is 19.7 Å². The Bertz CT molecular complexity index is 898. The van der Waals surface area contributed by atoms with Crippen molar-refractivity contribution in [1.82, 2.24) is 4.90 Å². The smallest absolute Gasteiger partial charge is 0.410 e. The fraction of sp³-hybridized carbons (Fsp3) is 0.182. The molecule has 4 nitrogen and oxygen atoms in total. The van der Waals surface area contributed by atoms with E-state index in [1.807, 2.05) is 0 Å². The van der Waals surface area contributed by atoms with Gasteiger partial charge in [0, 0.05) is 22.3 Å². The van der Waals surface area contributed by atoms with Crippen LogP contribution in [-0.2, 0) is 9.53 Å². The molecular weight excluding hydrogens is 364 g/mol. The number of amides is 1. The molecule has 0 spiro atoms. The van der Waals surface area contributed by atoms with Gasteiger partial charge in [-0.15, -0.1) is 0 Å². The van der Waals surface area contributed by atoms with E-state index in [1.165, 1.54) is 29.2 Å². The summed E-state index contributed by atoms with van der Waals surface area (Å²) in [5, 5.41) is 0. The topological polar surface area (TPSA) is 46.6 Å². The molecule has 1 fully saturated rings. The van der Waals surface area contributed by atoms with Crippen LogP contribution in [0.25, 0.3) is 12.2 Å². The van der Waals surface area contributed by atoms with Crippen LogP contribution in [-0.4, -0.2) is 36.5 Å². The summed E-state index contributed by atoms with van der Waals surface area (Å²) in [5.41, 5.74) is 0.933. The molecule has 0 N–H and O–H groups in total. The predicted molar refractivity (Wildman–Crippen MR) is 102 cm³/mol. The molecule has 0 radical (unpaired) electrons. The van der Waals surface area contributed by atoms with E-state index in [0.29, 0.717) is 0 Å². The van der Waals surface area contributed by atoms with E-state index < -0.39 is 17.7 Å². The van der Waals surface area contributed by atoms with Crippen molar-refractivity contribution >= 4 is 24.0 Å². The molecule has 2 aromatic rings. The van der Waals surface area contributed by atoms with Crippen molar-refractivity contribution < 1.29 is 23.1 Å². The number of piperidine rings is 1. The quantitative estimate of drug-likeness (QED) is 0.735. The summed E-state index contributed by atoms with van der Waals surface area (Å²) in [6.07, 6.45) is 2.24. The number of rotatable bonds is 3. The lowest BCUT2D eigenvalue weighted by atomic mass is 9.94. The average molecular weight is 383 g/mol. The third kappa shape index (κ3) is 4.34. The second-order valence-electron chi connectivity index (χ2n) is 6.27. The lowest BCUT2D eigenvalue weighted by molar-refractivity contribution is -0.113. The average Bonchev–Trinajstić information content (AvgIpc) is 2.68. The molecule has 144 valence electrons. The standard InChI is InChI=1S/C22H19F2NO3/c1-2-28-22(27)25-13-17(11-15-7-3-5-9-19(15)23)21(26)18(14-25)12-16-8-4-6-10-20(16)24/h3-12H,2,13-14H2,1H3/b17-11+,18-12+. The number of Topliss-reactive ketones (excluding diaryl/α,β-unsaturated/α-hetero) is 1. The van der Waals surface area contributed by atoms with Crippen LogP contribution < -0.4 is 0 Å². The fourth-order valence-corrected chi connectivity index (χ4v) is 2.94. The van der Waals surface area contributed by atoms with Gasteiger partial charge < -0.3 is 4.74 Å². The Morgan fingerprint density at radius 1 is 0.964 bits per heavy atom. The van der Waals surface area contributed by atoms with Crippen molar-refractivity contribution in [3.8, 4) is 0 Å². The van der Waals surface area contributed by atoms with Crippen molar-refractivity contribution in [3.05, 3.63) is 82.4 Å². The van der Waals surface area contributed by atoms with E-state index in [4.69, 9.17) is 4.74 Å². The number of nitrogens with zero attached hydrogens (tertiary/aromatic N) is 1. The minimum atomic E-state index is -0.589. The summed E-state index contributed by atoms with van der Waals surface area (Å²) in [6.45, 7) is 1.84. The van der Waals surface area contributed by atoms with Crippen LogP contribution in [0.4, 0.5) is 13.6 Å². The van der Waals surface area contributed by atoms with Gasteiger partial charge in [-0.2, -0.15) is 0 Å². The van der Waals surface area contributed by atoms with Crippen LogP contribution in [0.5, 0.6) is 0 Å². The number of halogens is 2. The van der Waals surface area contributed by atoms with E-state index >= 15 is 0 Å². The van der Waals surface area contributed by atoms with Crippen LogP contribution in [0.15, 0.2) is 59.7 Å². The van der Waals surface area contributed by atoms with Gasteiger partial charge in [-0.25, -0.2) is 13.6 Å². The van der Waals surface area contributed by atoms with Gasteiger partial charge >= 0.3 is 6.09 Å². The number of carbonyl (C=O) groups excluding carboxylic acids is 2. The highest BCUT2D eigenvalue weighted by atomic mass is 19.1. The summed E-state index contributed by atoms with van der Waals surface area (Å²) >= 11 is 0. The largest absolute Gasteiger partial charge is 0.450 e. The van der Waals surface area contributed by atoms with Gasteiger partial charge in [0.2, 0.25) is 0 Å². The van der Waals surface area contributed by atoms with Gasteiger partial charge in [0.15, 0.2) is 5.78 Å². The SMILES string of the molecule is CCOC(=O)N1C/C(=C\c2ccccc2F)C(=O)/C(=C/c2ccccc2F)C1. The fourth-order valence-electron chi connectivity index (χ4n) is 2.94. The number of ether oxygens (including phenoxy) is 1. The molecule has 1 aliphatic heterocycles. The number of carbonyl (C=O) groups is 2. The highest BCUT2D eigenvalue weighted by Gasteiger charge is 2.30. The van der Waals surface area contributed by atoms with Gasteiger partial charge in [-0.05, 0) is 31.2 Å². The molecule has 1 saturated heterocycles. The van der Waals surface area contributed by atoms with E-state index in [1.54, 1.807) is 43.3 Å². The number of benzene rings is 2. The molecule has 6 heteroatoms. The zero-order valence-corrected chi connectivity index (χ0v) is 15.3. The van der Waals surface area contributed by atoms with Crippen molar-refractivity contribution in [1.29, 1.82) is 0 Å². The minimum Gasteiger partial charge on any atom is -0.450 e. The Labute approximate surface area is 161 Å². The molecule has 0 unspecified atom stereocenters. The van der Waals surface area contributed by atoms with Crippen molar-refractivity contribution in [2.24, 2.45) is 0 Å². The minimum absolute atomic E-state index is 0.0133. The Kier molecular flexibility index (Phi) is 5.99. The maximum Gasteiger partial charge on any atom is 0.410 e. The normalized spacial score (nSPS) is 17.2. The van der Waals surface area contributed by atoms with Crippen molar-refractivity contribution in [2.45, 2.75) is 6.92 Å². The van der Waals surface area contributed by atoms with Crippen molar-refractivity contribution in [3.63, 3.8) is 0 Å². The number of ketones is 1. The molecule has 0 saturated carbocycles. The lowest BCUT2D eigenvalue weighted by Crippen LogP contribution is -2.41. The Morgan fingerprint density at radius 3 is 1.86 bits per heavy atom. The molecule has 28 heavy (non-hydrogen) atoms. The van der Waals surface area contributed by atoms with Gasteiger partial charge in [0.05, 0.1) is 19.7 Å². The first kappa shape index (κ1) is 19.5. The van der Waals surface area contributed by atoms with Gasteiger partial charge in [-0.3, -0.25) is 9.69 Å². The summed E-state index contributed by atoms with van der Waals surface area (Å²) in [4.78, 5) is 26.5. The Morgan fingerprint density at radius 2 is 1.43 bits per heavy atom. The van der Waals surface area contributed by atoms with Crippen LogP contribution in [0.1, 0.15) is 18.1 Å². The van der Waals surface area contributed by atoms with Gasteiger partial charge in [0.25, 0.3) is 0 Å². The zero-order valence-electron chi connectivity index (χ0n) is 15.3. The molecule has 0 bridgehead atoms. The molecular formula is C22H19F2NO3. The summed E-state index contributed by atoms with van der Waals surface area (Å²) < 4.78 is 33.1. The van der Waals surface area contributed by atoms with Gasteiger partial charge in [-0.1, -0.05) is 36.4 Å². The number of hydrogen-bond donors (Lipinski definition) is 0. The van der Waals surface area contributed by atoms with Crippen LogP contribution in [0.2, 0.25) is 0 Å². The van der Waals surface area contributed by atoms with Gasteiger partial charge in [0.1, 0.15) is 11.6 Å². The monoisotopic (exact) mass is 383 g/mol. The molecule has 0 aromatic heterocycles. The molecule has 2 aromatic carbocycles. The van der Waals surface area contributed by atoms with Crippen LogP contribution in [0, 0.1) is 11.6 Å². The first-order chi connectivity index (χ1) is 13.5. The Hall–Kier alpha value is -3.28. The maximum absolute atomic E-state index is 14.0. The summed E-state index contributed by atoms with van der Waals surface area (Å²) in [5.74, 6) is -1.31. The second kappa shape index (κ2) is 8.61. The first-order valence-corrected chi connectivity index (χ1v) is 8.86. The first-order valence-electron chi connectivity index (χ1n) is 8.86. The van der Waals surface area contributed by atoms with Crippen LogP contribution in [0.3, 0.4) is 0 Å². The maximum atomic E-state index is 14.0. The number of likely N-dealkylation sites (tertiary alicyclic amines) is 1. The highest BCUT2D eigenvalue weighted by Crippen LogP contribution is 2.24. The van der Waals surface area contributed by atoms with E-state index in [0.717, 1.165) is 0 Å². The lowest BCUT2D eigenvalue weighted by Gasteiger charge is -2.29. The third-order valence-corrected chi connectivity index (χ3v) is 4.30. The molecule has 0 aliphatic carbocycles. The van der Waals surface area contributed by atoms with E-state index in [2.05, 4.69) is 0 Å². The van der Waals surface area contributed by atoms with Crippen LogP contribution >= 0.6 is 0 Å². The molecule has 1 heterocycles. The molecule has 1 aliphatic rings. The molecule has 3 rings (SSSR count). The Balaban J connectivity index is 2.02. The summed E-state index contributed by atoms with van der Waals surface area (Å²) in [6, 6.07) is 12.1. The highest BCUT2D eigenvalue weighted by molar-refractivity contribution is 6.15.